The fourth-order valence-corrected chi connectivity index (χ4v) is 6.85. The first-order valence-corrected chi connectivity index (χ1v) is 10.1. The minimum Gasteiger partial charge on any atom is -0.309 e. The summed E-state index contributed by atoms with van der Waals surface area (Å²) in [5.74, 6) is 1.25. The minimum atomic E-state index is 0.475. The Bertz CT molecular complexity index is 382. The molecule has 2 rings (SSSR count). The van der Waals surface area contributed by atoms with E-state index in [1.165, 1.54) is 15.8 Å². The summed E-state index contributed by atoms with van der Waals surface area (Å²) in [6, 6.07) is 0.475. The van der Waals surface area contributed by atoms with Crippen LogP contribution in [0.4, 0.5) is 0 Å². The summed E-state index contributed by atoms with van der Waals surface area (Å²) in [6.07, 6.45) is 0. The Morgan fingerprint density at radius 2 is 2.17 bits per heavy atom. The van der Waals surface area contributed by atoms with E-state index in [1.807, 2.05) is 0 Å². The van der Waals surface area contributed by atoms with Gasteiger partial charge in [0.05, 0.1) is 0 Å². The van der Waals surface area contributed by atoms with Crippen LogP contribution in [0.1, 0.15) is 32.4 Å². The lowest BCUT2D eigenvalue weighted by Gasteiger charge is -2.36. The summed E-state index contributed by atoms with van der Waals surface area (Å²) in [7, 11) is 0. The Morgan fingerprint density at radius 1 is 1.39 bits per heavy atom. The zero-order valence-corrected chi connectivity index (χ0v) is 15.0. The van der Waals surface area contributed by atoms with Crippen molar-refractivity contribution in [1.29, 1.82) is 0 Å². The lowest BCUT2D eigenvalue weighted by atomic mass is 10.1. The van der Waals surface area contributed by atoms with Gasteiger partial charge in [-0.15, -0.1) is 0 Å². The number of nitrogens with one attached hydrogen (secondary N) is 1. The van der Waals surface area contributed by atoms with E-state index in [0.717, 1.165) is 17.0 Å². The molecular formula is C13H20BrNS3. The predicted molar refractivity (Wildman–Crippen MR) is 91.2 cm³/mol. The highest BCUT2D eigenvalue weighted by atomic mass is 79.9. The van der Waals surface area contributed by atoms with E-state index in [-0.39, 0.29) is 0 Å². The van der Waals surface area contributed by atoms with E-state index >= 15 is 0 Å². The zero-order chi connectivity index (χ0) is 13.1. The van der Waals surface area contributed by atoms with Crippen molar-refractivity contribution in [3.8, 4) is 0 Å². The largest absolute Gasteiger partial charge is 0.309 e. The van der Waals surface area contributed by atoms with E-state index in [1.54, 1.807) is 11.3 Å². The molecule has 1 fully saturated rings. The molecule has 1 aliphatic heterocycles. The van der Waals surface area contributed by atoms with Gasteiger partial charge in [0.1, 0.15) is 0 Å². The SMILES string of the molecule is CCNC(c1cscc1Br)C1CSC(C)C(C)S1. The number of thioether (sulfide) groups is 2. The van der Waals surface area contributed by atoms with Gasteiger partial charge >= 0.3 is 0 Å². The molecule has 1 aromatic rings. The quantitative estimate of drug-likeness (QED) is 0.823. The average molecular weight is 366 g/mol. The van der Waals surface area contributed by atoms with Crippen LogP contribution in [-0.4, -0.2) is 28.0 Å². The van der Waals surface area contributed by atoms with E-state index in [2.05, 4.69) is 76.3 Å². The molecule has 1 N–H and O–H groups in total. The predicted octanol–water partition coefficient (Wildman–Crippen LogP) is 4.79. The summed E-state index contributed by atoms with van der Waals surface area (Å²) in [6.45, 7) is 7.93. The van der Waals surface area contributed by atoms with Crippen LogP contribution >= 0.6 is 50.8 Å². The number of hydrogen-bond acceptors (Lipinski definition) is 4. The highest BCUT2D eigenvalue weighted by Gasteiger charge is 2.32. The first-order valence-electron chi connectivity index (χ1n) is 6.35. The Kier molecular flexibility index (Phi) is 5.94. The van der Waals surface area contributed by atoms with Crippen LogP contribution in [0.2, 0.25) is 0 Å². The Labute approximate surface area is 131 Å². The minimum absolute atomic E-state index is 0.475. The summed E-state index contributed by atoms with van der Waals surface area (Å²) < 4.78 is 1.26. The van der Waals surface area contributed by atoms with E-state index < -0.39 is 0 Å². The van der Waals surface area contributed by atoms with Crippen LogP contribution < -0.4 is 5.32 Å². The lowest BCUT2D eigenvalue weighted by molar-refractivity contribution is 0.547. The van der Waals surface area contributed by atoms with Gasteiger partial charge in [-0.3, -0.25) is 0 Å². The highest BCUT2D eigenvalue weighted by molar-refractivity contribution is 9.10. The molecular weight excluding hydrogens is 346 g/mol. The smallest absolute Gasteiger partial charge is 0.0468 e. The number of rotatable bonds is 4. The van der Waals surface area contributed by atoms with Gasteiger partial charge in [0.15, 0.2) is 0 Å². The standard InChI is InChI=1S/C13H20BrNS3/c1-4-15-13(10-5-16-6-11(10)14)12-7-17-8(2)9(3)18-12/h5-6,8-9,12-13,15H,4,7H2,1-3H3. The van der Waals surface area contributed by atoms with Gasteiger partial charge in [-0.25, -0.2) is 0 Å². The molecule has 1 nitrogen and oxygen atoms in total. The summed E-state index contributed by atoms with van der Waals surface area (Å²) in [4.78, 5) is 0. The third kappa shape index (κ3) is 3.48. The van der Waals surface area contributed by atoms with Gasteiger partial charge in [-0.2, -0.15) is 34.9 Å². The molecule has 0 spiro atoms. The molecule has 0 aromatic carbocycles. The van der Waals surface area contributed by atoms with Crippen molar-refractivity contribution in [2.45, 2.75) is 42.6 Å². The maximum atomic E-state index is 3.68. The van der Waals surface area contributed by atoms with Crippen LogP contribution in [0.3, 0.4) is 0 Å². The second-order valence-electron chi connectivity index (χ2n) is 4.63. The Balaban J connectivity index is 2.13. The van der Waals surface area contributed by atoms with Crippen molar-refractivity contribution in [1.82, 2.24) is 5.32 Å². The first-order chi connectivity index (χ1) is 8.63. The molecule has 1 aliphatic rings. The van der Waals surface area contributed by atoms with Crippen LogP contribution in [0.15, 0.2) is 15.2 Å². The van der Waals surface area contributed by atoms with Crippen LogP contribution in [0.5, 0.6) is 0 Å². The third-order valence-corrected chi connectivity index (χ3v) is 8.59. The van der Waals surface area contributed by atoms with Crippen molar-refractivity contribution < 1.29 is 0 Å². The molecule has 4 unspecified atom stereocenters. The van der Waals surface area contributed by atoms with Crippen LogP contribution in [0.25, 0.3) is 0 Å². The molecule has 0 amide bonds. The van der Waals surface area contributed by atoms with Gasteiger partial charge < -0.3 is 5.32 Å². The molecule has 1 aromatic heterocycles. The lowest BCUT2D eigenvalue weighted by Crippen LogP contribution is -2.37. The van der Waals surface area contributed by atoms with Crippen molar-refractivity contribution in [2.24, 2.45) is 0 Å². The molecule has 18 heavy (non-hydrogen) atoms. The van der Waals surface area contributed by atoms with Crippen LogP contribution in [0, 0.1) is 0 Å². The first kappa shape index (κ1) is 15.2. The molecule has 0 radical (unpaired) electrons. The maximum absolute atomic E-state index is 3.68. The fourth-order valence-electron chi connectivity index (χ4n) is 2.16. The van der Waals surface area contributed by atoms with E-state index in [9.17, 15) is 0 Å². The van der Waals surface area contributed by atoms with E-state index in [0.29, 0.717) is 11.3 Å². The molecule has 4 atom stereocenters. The molecule has 102 valence electrons. The summed E-state index contributed by atoms with van der Waals surface area (Å²) in [5, 5.41) is 10.3. The topological polar surface area (TPSA) is 12.0 Å². The molecule has 0 saturated carbocycles. The van der Waals surface area contributed by atoms with Crippen molar-refractivity contribution in [3.63, 3.8) is 0 Å². The number of hydrogen-bond donors (Lipinski definition) is 1. The molecule has 5 heteroatoms. The van der Waals surface area contributed by atoms with Gasteiger partial charge in [0, 0.05) is 37.4 Å². The second-order valence-corrected chi connectivity index (χ2v) is 9.26. The Morgan fingerprint density at radius 3 is 2.72 bits per heavy atom. The second kappa shape index (κ2) is 7.02. The van der Waals surface area contributed by atoms with Gasteiger partial charge in [-0.1, -0.05) is 20.8 Å². The average Bonchev–Trinajstić information content (AvgIpc) is 2.76. The van der Waals surface area contributed by atoms with Gasteiger partial charge in [0.2, 0.25) is 0 Å². The van der Waals surface area contributed by atoms with Crippen LogP contribution in [-0.2, 0) is 0 Å². The molecule has 0 aliphatic carbocycles. The third-order valence-electron chi connectivity index (χ3n) is 3.35. The van der Waals surface area contributed by atoms with Gasteiger partial charge in [0.25, 0.3) is 0 Å². The van der Waals surface area contributed by atoms with Gasteiger partial charge in [-0.05, 0) is 33.4 Å². The summed E-state index contributed by atoms with van der Waals surface area (Å²) in [5.41, 5.74) is 1.43. The maximum Gasteiger partial charge on any atom is 0.0468 e. The monoisotopic (exact) mass is 365 g/mol. The highest BCUT2D eigenvalue weighted by Crippen LogP contribution is 2.42. The summed E-state index contributed by atoms with van der Waals surface area (Å²) >= 11 is 9.74. The van der Waals surface area contributed by atoms with Crippen molar-refractivity contribution in [2.75, 3.05) is 12.3 Å². The van der Waals surface area contributed by atoms with Crippen molar-refractivity contribution in [3.05, 3.63) is 20.8 Å². The normalized spacial score (nSPS) is 30.3. The van der Waals surface area contributed by atoms with Crippen molar-refractivity contribution >= 4 is 50.8 Å². The molecule has 1 saturated heterocycles. The number of halogens is 1. The van der Waals surface area contributed by atoms with E-state index in [4.69, 9.17) is 0 Å². The molecule has 0 bridgehead atoms. The molecule has 2 heterocycles. The number of thiophene rings is 1. The Hall–Kier alpha value is 0.840. The fraction of sp³-hybridized carbons (Fsp3) is 0.692. The zero-order valence-electron chi connectivity index (χ0n) is 11.0.